The maximum absolute atomic E-state index is 11.8. The minimum Gasteiger partial charge on any atom is -0.337 e. The Morgan fingerprint density at radius 3 is 2.96 bits per heavy atom. The molecule has 7 heteroatoms. The van der Waals surface area contributed by atoms with E-state index in [0.717, 1.165) is 16.3 Å². The predicted octanol–water partition coefficient (Wildman–Crippen LogP) is 4.22. The standard InChI is InChI=1S/C17H15ClN4OS/c18-13-4-1-5-14(9-13)22-17(23)20-8-6-15-11-24-16(21-15)12-3-2-7-19-10-12/h1-5,7,9-11H,6,8H2,(H2,20,22,23). The number of thiazole rings is 1. The number of aromatic nitrogens is 2. The number of hydrogen-bond donors (Lipinski definition) is 2. The number of rotatable bonds is 5. The fourth-order valence-corrected chi connectivity index (χ4v) is 3.12. The number of nitrogens with zero attached hydrogens (tertiary/aromatic N) is 2. The van der Waals surface area contributed by atoms with E-state index < -0.39 is 0 Å². The Kier molecular flexibility index (Phi) is 5.40. The van der Waals surface area contributed by atoms with Gasteiger partial charge in [0.15, 0.2) is 0 Å². The van der Waals surface area contributed by atoms with Crippen LogP contribution in [0.3, 0.4) is 0 Å². The second-order valence-electron chi connectivity index (χ2n) is 5.03. The summed E-state index contributed by atoms with van der Waals surface area (Å²) in [6.07, 6.45) is 4.19. The van der Waals surface area contributed by atoms with Crippen molar-refractivity contribution in [1.29, 1.82) is 0 Å². The van der Waals surface area contributed by atoms with Gasteiger partial charge in [-0.1, -0.05) is 17.7 Å². The smallest absolute Gasteiger partial charge is 0.319 e. The molecule has 0 atom stereocenters. The number of hydrogen-bond acceptors (Lipinski definition) is 4. The molecule has 0 radical (unpaired) electrons. The van der Waals surface area contributed by atoms with Gasteiger partial charge in [-0.15, -0.1) is 11.3 Å². The van der Waals surface area contributed by atoms with Crippen molar-refractivity contribution in [3.05, 3.63) is 64.9 Å². The number of halogens is 1. The maximum atomic E-state index is 11.8. The third-order valence-corrected chi connectivity index (χ3v) is 4.38. The minimum absolute atomic E-state index is 0.264. The van der Waals surface area contributed by atoms with Gasteiger partial charge in [-0.05, 0) is 30.3 Å². The molecule has 24 heavy (non-hydrogen) atoms. The molecule has 0 spiro atoms. The van der Waals surface area contributed by atoms with Crippen LogP contribution in [0, 0.1) is 0 Å². The molecule has 2 N–H and O–H groups in total. The Bertz CT molecular complexity index is 822. The molecule has 0 aliphatic rings. The summed E-state index contributed by atoms with van der Waals surface area (Å²) in [7, 11) is 0. The van der Waals surface area contributed by atoms with Crippen molar-refractivity contribution in [2.45, 2.75) is 6.42 Å². The van der Waals surface area contributed by atoms with Crippen molar-refractivity contribution in [2.75, 3.05) is 11.9 Å². The van der Waals surface area contributed by atoms with E-state index in [2.05, 4.69) is 20.6 Å². The van der Waals surface area contributed by atoms with Gasteiger partial charge < -0.3 is 10.6 Å². The Hall–Kier alpha value is -2.44. The lowest BCUT2D eigenvalue weighted by Crippen LogP contribution is -2.30. The maximum Gasteiger partial charge on any atom is 0.319 e. The van der Waals surface area contributed by atoms with Crippen LogP contribution in [0.2, 0.25) is 5.02 Å². The first-order valence-corrected chi connectivity index (χ1v) is 8.62. The highest BCUT2D eigenvalue weighted by Gasteiger charge is 2.06. The highest BCUT2D eigenvalue weighted by atomic mass is 35.5. The molecule has 0 bridgehead atoms. The highest BCUT2D eigenvalue weighted by Crippen LogP contribution is 2.22. The number of carbonyl (C=O) groups is 1. The monoisotopic (exact) mass is 358 g/mol. The molecule has 3 rings (SSSR count). The number of urea groups is 1. The summed E-state index contributed by atoms with van der Waals surface area (Å²) in [5, 5.41) is 9.06. The summed E-state index contributed by atoms with van der Waals surface area (Å²) in [4.78, 5) is 20.5. The molecular formula is C17H15ClN4OS. The van der Waals surface area contributed by atoms with Gasteiger partial charge in [0.25, 0.3) is 0 Å². The fourth-order valence-electron chi connectivity index (χ4n) is 2.09. The number of anilines is 1. The Morgan fingerprint density at radius 1 is 1.25 bits per heavy atom. The summed E-state index contributed by atoms with van der Waals surface area (Å²) in [6, 6.07) is 10.6. The van der Waals surface area contributed by atoms with Crippen LogP contribution in [-0.4, -0.2) is 22.5 Å². The van der Waals surface area contributed by atoms with E-state index in [4.69, 9.17) is 11.6 Å². The van der Waals surface area contributed by atoms with E-state index in [1.165, 1.54) is 0 Å². The van der Waals surface area contributed by atoms with Crippen molar-refractivity contribution in [3.8, 4) is 10.6 Å². The second kappa shape index (κ2) is 7.90. The number of nitrogens with one attached hydrogen (secondary N) is 2. The zero-order valence-corrected chi connectivity index (χ0v) is 14.3. The lowest BCUT2D eigenvalue weighted by Gasteiger charge is -2.07. The quantitative estimate of drug-likeness (QED) is 0.717. The average Bonchev–Trinajstić information content (AvgIpc) is 3.04. The Labute approximate surface area is 148 Å². The Morgan fingerprint density at radius 2 is 2.17 bits per heavy atom. The van der Waals surface area contributed by atoms with E-state index in [9.17, 15) is 4.79 Å². The first-order valence-electron chi connectivity index (χ1n) is 7.36. The van der Waals surface area contributed by atoms with Crippen LogP contribution in [0.1, 0.15) is 5.69 Å². The van der Waals surface area contributed by atoms with Crippen molar-refractivity contribution >= 4 is 34.7 Å². The molecule has 5 nitrogen and oxygen atoms in total. The first kappa shape index (κ1) is 16.4. The first-order chi connectivity index (χ1) is 11.7. The van der Waals surface area contributed by atoms with Gasteiger partial charge in [0.1, 0.15) is 5.01 Å². The van der Waals surface area contributed by atoms with Crippen LogP contribution >= 0.6 is 22.9 Å². The molecule has 0 saturated carbocycles. The molecular weight excluding hydrogens is 344 g/mol. The van der Waals surface area contributed by atoms with Gasteiger partial charge in [-0.2, -0.15) is 0 Å². The lowest BCUT2D eigenvalue weighted by atomic mass is 10.3. The normalized spacial score (nSPS) is 10.4. The number of amides is 2. The Balaban J connectivity index is 1.48. The number of pyridine rings is 1. The van der Waals surface area contributed by atoms with Crippen molar-refractivity contribution in [2.24, 2.45) is 0 Å². The molecule has 0 aliphatic carbocycles. The van der Waals surface area contributed by atoms with E-state index in [-0.39, 0.29) is 6.03 Å². The zero-order valence-electron chi connectivity index (χ0n) is 12.7. The van der Waals surface area contributed by atoms with Crippen molar-refractivity contribution in [1.82, 2.24) is 15.3 Å². The number of carbonyl (C=O) groups excluding carboxylic acids is 1. The highest BCUT2D eigenvalue weighted by molar-refractivity contribution is 7.13. The topological polar surface area (TPSA) is 66.9 Å². The SMILES string of the molecule is O=C(NCCc1csc(-c2cccnc2)n1)Nc1cccc(Cl)c1. The molecule has 2 aromatic heterocycles. The molecule has 0 saturated heterocycles. The van der Waals surface area contributed by atoms with E-state index in [1.807, 2.05) is 17.5 Å². The number of benzene rings is 1. The molecule has 2 amide bonds. The van der Waals surface area contributed by atoms with Crippen LogP contribution < -0.4 is 10.6 Å². The third-order valence-electron chi connectivity index (χ3n) is 3.21. The van der Waals surface area contributed by atoms with Crippen molar-refractivity contribution in [3.63, 3.8) is 0 Å². The van der Waals surface area contributed by atoms with E-state index in [1.54, 1.807) is 48.0 Å². The largest absolute Gasteiger partial charge is 0.337 e. The van der Waals surface area contributed by atoms with Gasteiger partial charge in [0.05, 0.1) is 5.69 Å². The van der Waals surface area contributed by atoms with Gasteiger partial charge in [-0.3, -0.25) is 4.98 Å². The lowest BCUT2D eigenvalue weighted by molar-refractivity contribution is 0.252. The summed E-state index contributed by atoms with van der Waals surface area (Å²) < 4.78 is 0. The van der Waals surface area contributed by atoms with Crippen LogP contribution in [-0.2, 0) is 6.42 Å². The van der Waals surface area contributed by atoms with Crippen LogP contribution in [0.25, 0.3) is 10.6 Å². The summed E-state index contributed by atoms with van der Waals surface area (Å²) >= 11 is 7.45. The zero-order chi connectivity index (χ0) is 16.8. The molecule has 3 aromatic rings. The van der Waals surface area contributed by atoms with Crippen LogP contribution in [0.5, 0.6) is 0 Å². The molecule has 0 unspecified atom stereocenters. The summed E-state index contributed by atoms with van der Waals surface area (Å²) in [6.45, 7) is 0.503. The van der Waals surface area contributed by atoms with Crippen LogP contribution in [0.4, 0.5) is 10.5 Å². The van der Waals surface area contributed by atoms with Gasteiger partial charge in [-0.25, -0.2) is 9.78 Å². The van der Waals surface area contributed by atoms with Crippen molar-refractivity contribution < 1.29 is 4.79 Å². The molecule has 0 fully saturated rings. The van der Waals surface area contributed by atoms with E-state index in [0.29, 0.717) is 23.7 Å². The van der Waals surface area contributed by atoms with Gasteiger partial charge >= 0.3 is 6.03 Å². The molecule has 2 heterocycles. The molecule has 1 aromatic carbocycles. The minimum atomic E-state index is -0.264. The summed E-state index contributed by atoms with van der Waals surface area (Å²) in [5.41, 5.74) is 2.61. The molecule has 122 valence electrons. The molecule has 0 aliphatic heterocycles. The summed E-state index contributed by atoms with van der Waals surface area (Å²) in [5.74, 6) is 0. The third kappa shape index (κ3) is 4.53. The van der Waals surface area contributed by atoms with Gasteiger partial charge in [0.2, 0.25) is 0 Å². The van der Waals surface area contributed by atoms with E-state index >= 15 is 0 Å². The second-order valence-corrected chi connectivity index (χ2v) is 6.32. The predicted molar refractivity (Wildman–Crippen MR) is 97.5 cm³/mol. The fraction of sp³-hybridized carbons (Fsp3) is 0.118. The van der Waals surface area contributed by atoms with Gasteiger partial charge in [0, 0.05) is 47.0 Å². The van der Waals surface area contributed by atoms with Crippen LogP contribution in [0.15, 0.2) is 54.2 Å². The average molecular weight is 359 g/mol.